The van der Waals surface area contributed by atoms with Crippen LogP contribution in [0.15, 0.2) is 23.2 Å². The maximum atomic E-state index is 12.1. The molecule has 2 fully saturated rings. The van der Waals surface area contributed by atoms with Crippen molar-refractivity contribution in [3.05, 3.63) is 29.3 Å². The highest BCUT2D eigenvalue weighted by atomic mass is 16.2. The molecule has 0 radical (unpaired) electrons. The Morgan fingerprint density at radius 3 is 3.08 bits per heavy atom. The minimum atomic E-state index is -0.285. The molecule has 5 rings (SSSR count). The summed E-state index contributed by atoms with van der Waals surface area (Å²) in [7, 11) is 0. The first-order valence-electron chi connectivity index (χ1n) is 8.67. The second kappa shape index (κ2) is 4.89. The highest BCUT2D eigenvalue weighted by Crippen LogP contribution is 2.51. The number of benzene rings is 1. The largest absolute Gasteiger partial charge is 0.324 e. The standard InChI is InChI=1S/C18H20N4O2/c23-15-8-22(17(24)21-15)10-18-7-14-11(4-2-6-19-14)12-3-1-5-13(16(12)18)20-9-18/h1,3,5,9,11,14,19H,2,4,6-8,10H2,(H,21,23,24)/t11-,14-,18?/m1/s1. The minimum Gasteiger partial charge on any atom is -0.314 e. The van der Waals surface area contributed by atoms with Crippen molar-refractivity contribution < 1.29 is 9.59 Å². The zero-order valence-electron chi connectivity index (χ0n) is 13.4. The summed E-state index contributed by atoms with van der Waals surface area (Å²) in [6, 6.07) is 6.49. The van der Waals surface area contributed by atoms with Gasteiger partial charge in [-0.15, -0.1) is 0 Å². The van der Waals surface area contributed by atoms with Gasteiger partial charge < -0.3 is 10.2 Å². The highest BCUT2D eigenvalue weighted by Gasteiger charge is 2.50. The summed E-state index contributed by atoms with van der Waals surface area (Å²) in [5.74, 6) is 0.307. The molecule has 3 amide bonds. The van der Waals surface area contributed by atoms with E-state index in [9.17, 15) is 9.59 Å². The number of aliphatic imine (C=N–C) groups is 1. The third kappa shape index (κ3) is 1.89. The zero-order chi connectivity index (χ0) is 16.3. The van der Waals surface area contributed by atoms with E-state index in [1.165, 1.54) is 24.0 Å². The molecular formula is C18H20N4O2. The van der Waals surface area contributed by atoms with Gasteiger partial charge in [0.1, 0.15) is 6.54 Å². The number of imide groups is 1. The molecule has 1 unspecified atom stereocenters. The van der Waals surface area contributed by atoms with E-state index in [0.29, 0.717) is 18.5 Å². The molecule has 1 aromatic carbocycles. The van der Waals surface area contributed by atoms with Crippen LogP contribution in [0.3, 0.4) is 0 Å². The first-order valence-corrected chi connectivity index (χ1v) is 8.67. The van der Waals surface area contributed by atoms with E-state index in [1.807, 2.05) is 6.21 Å². The van der Waals surface area contributed by atoms with Crippen molar-refractivity contribution >= 4 is 23.8 Å². The normalized spacial score (nSPS) is 33.4. The fraction of sp³-hybridized carbons (Fsp3) is 0.500. The summed E-state index contributed by atoms with van der Waals surface area (Å²) in [6.45, 7) is 1.71. The molecule has 0 saturated carbocycles. The SMILES string of the molecule is O=C1CN(CC23C=Nc4cccc(c42)[C@H]2CCCN[C@@H]2C3)C(=O)N1. The van der Waals surface area contributed by atoms with E-state index in [2.05, 4.69) is 33.8 Å². The third-order valence-electron chi connectivity index (χ3n) is 5.93. The van der Waals surface area contributed by atoms with Crippen molar-refractivity contribution in [1.82, 2.24) is 15.5 Å². The molecule has 0 aromatic heterocycles. The van der Waals surface area contributed by atoms with Crippen LogP contribution in [0.2, 0.25) is 0 Å². The van der Waals surface area contributed by atoms with Gasteiger partial charge in [0.2, 0.25) is 5.91 Å². The Bertz CT molecular complexity index is 774. The van der Waals surface area contributed by atoms with Crippen LogP contribution in [0.5, 0.6) is 0 Å². The smallest absolute Gasteiger partial charge is 0.314 e. The van der Waals surface area contributed by atoms with Crippen LogP contribution in [0.4, 0.5) is 10.5 Å². The number of fused-ring (bicyclic) bond motifs is 2. The van der Waals surface area contributed by atoms with E-state index in [0.717, 1.165) is 18.7 Å². The number of hydrogen-bond acceptors (Lipinski definition) is 4. The number of piperidine rings is 1. The number of urea groups is 1. The first kappa shape index (κ1) is 14.2. The van der Waals surface area contributed by atoms with Gasteiger partial charge in [0.25, 0.3) is 0 Å². The molecule has 2 saturated heterocycles. The number of carbonyl (C=O) groups excluding carboxylic acids is 2. The Morgan fingerprint density at radius 2 is 2.25 bits per heavy atom. The molecule has 124 valence electrons. The molecule has 0 spiro atoms. The molecule has 2 N–H and O–H groups in total. The molecule has 3 heterocycles. The summed E-state index contributed by atoms with van der Waals surface area (Å²) in [5.41, 5.74) is 3.41. The van der Waals surface area contributed by atoms with Gasteiger partial charge in [-0.3, -0.25) is 15.1 Å². The van der Waals surface area contributed by atoms with Crippen LogP contribution in [-0.2, 0) is 10.2 Å². The molecular weight excluding hydrogens is 304 g/mol. The van der Waals surface area contributed by atoms with Gasteiger partial charge in [-0.05, 0) is 48.9 Å². The Morgan fingerprint density at radius 1 is 1.33 bits per heavy atom. The lowest BCUT2D eigenvalue weighted by atomic mass is 9.63. The van der Waals surface area contributed by atoms with Crippen LogP contribution >= 0.6 is 0 Å². The molecule has 6 nitrogen and oxygen atoms in total. The van der Waals surface area contributed by atoms with Gasteiger partial charge in [0, 0.05) is 18.8 Å². The molecule has 24 heavy (non-hydrogen) atoms. The lowest BCUT2D eigenvalue weighted by molar-refractivity contribution is -0.118. The van der Waals surface area contributed by atoms with Crippen molar-refractivity contribution in [2.24, 2.45) is 4.99 Å². The van der Waals surface area contributed by atoms with E-state index in [1.54, 1.807) is 4.90 Å². The molecule has 0 bridgehead atoms. The Balaban J connectivity index is 1.59. The van der Waals surface area contributed by atoms with Crippen molar-refractivity contribution in [2.75, 3.05) is 19.6 Å². The van der Waals surface area contributed by atoms with Gasteiger partial charge in [-0.2, -0.15) is 0 Å². The predicted octanol–water partition coefficient (Wildman–Crippen LogP) is 1.43. The maximum Gasteiger partial charge on any atom is 0.324 e. The Labute approximate surface area is 140 Å². The van der Waals surface area contributed by atoms with E-state index >= 15 is 0 Å². The van der Waals surface area contributed by atoms with Gasteiger partial charge >= 0.3 is 6.03 Å². The van der Waals surface area contributed by atoms with Crippen LogP contribution in [0.1, 0.15) is 36.3 Å². The second-order valence-corrected chi connectivity index (χ2v) is 7.38. The number of nitrogens with zero attached hydrogens (tertiary/aromatic N) is 2. The lowest BCUT2D eigenvalue weighted by Crippen LogP contribution is -2.53. The Kier molecular flexibility index (Phi) is 2.89. The third-order valence-corrected chi connectivity index (χ3v) is 5.93. The van der Waals surface area contributed by atoms with Crippen LogP contribution < -0.4 is 10.6 Å². The number of rotatable bonds is 2. The summed E-state index contributed by atoms with van der Waals surface area (Å²) < 4.78 is 0. The average molecular weight is 324 g/mol. The van der Waals surface area contributed by atoms with Gasteiger partial charge in [-0.25, -0.2) is 4.79 Å². The summed E-state index contributed by atoms with van der Waals surface area (Å²) in [6.07, 6.45) is 5.35. The van der Waals surface area contributed by atoms with E-state index in [4.69, 9.17) is 0 Å². The molecule has 4 aliphatic rings. The summed E-state index contributed by atoms with van der Waals surface area (Å²) in [4.78, 5) is 29.9. The second-order valence-electron chi connectivity index (χ2n) is 7.38. The van der Waals surface area contributed by atoms with Crippen LogP contribution in [0, 0.1) is 0 Å². The molecule has 6 heteroatoms. The van der Waals surface area contributed by atoms with Crippen molar-refractivity contribution in [2.45, 2.75) is 36.6 Å². The highest BCUT2D eigenvalue weighted by molar-refractivity contribution is 6.02. The molecule has 1 aromatic rings. The molecule has 3 atom stereocenters. The quantitative estimate of drug-likeness (QED) is 0.808. The average Bonchev–Trinajstić information content (AvgIpc) is 3.09. The molecule has 1 aliphatic carbocycles. The topological polar surface area (TPSA) is 73.8 Å². The first-order chi connectivity index (χ1) is 11.7. The maximum absolute atomic E-state index is 12.1. The number of carbonyl (C=O) groups is 2. The summed E-state index contributed by atoms with van der Waals surface area (Å²) >= 11 is 0. The van der Waals surface area contributed by atoms with Gasteiger partial charge in [0.05, 0.1) is 11.1 Å². The van der Waals surface area contributed by atoms with Gasteiger partial charge in [0.15, 0.2) is 0 Å². The van der Waals surface area contributed by atoms with Crippen LogP contribution in [-0.4, -0.2) is 48.7 Å². The monoisotopic (exact) mass is 324 g/mol. The van der Waals surface area contributed by atoms with E-state index in [-0.39, 0.29) is 23.9 Å². The van der Waals surface area contributed by atoms with Crippen LogP contribution in [0.25, 0.3) is 0 Å². The number of amides is 3. The van der Waals surface area contributed by atoms with E-state index < -0.39 is 0 Å². The minimum absolute atomic E-state index is 0.146. The predicted molar refractivity (Wildman–Crippen MR) is 89.8 cm³/mol. The lowest BCUT2D eigenvalue weighted by Gasteiger charge is -2.46. The van der Waals surface area contributed by atoms with Crippen molar-refractivity contribution in [3.63, 3.8) is 0 Å². The summed E-state index contributed by atoms with van der Waals surface area (Å²) in [5, 5.41) is 6.05. The fourth-order valence-corrected chi connectivity index (χ4v) is 5.00. The molecule has 3 aliphatic heterocycles. The zero-order valence-corrected chi connectivity index (χ0v) is 13.4. The Hall–Kier alpha value is -2.21. The van der Waals surface area contributed by atoms with Crippen molar-refractivity contribution in [3.8, 4) is 0 Å². The van der Waals surface area contributed by atoms with Crippen molar-refractivity contribution in [1.29, 1.82) is 0 Å². The fourth-order valence-electron chi connectivity index (χ4n) is 5.00. The number of hydrogen-bond donors (Lipinski definition) is 2. The number of nitrogens with one attached hydrogen (secondary N) is 2. The van der Waals surface area contributed by atoms with Gasteiger partial charge in [-0.1, -0.05) is 12.1 Å².